The average Bonchev–Trinajstić information content (AvgIpc) is 2.04. The second-order valence-corrected chi connectivity index (χ2v) is 3.22. The summed E-state index contributed by atoms with van der Waals surface area (Å²) in [6, 6.07) is 7.02. The Labute approximate surface area is 84.2 Å². The molecule has 0 radical (unpaired) electrons. The average molecular weight is 239 g/mol. The Bertz CT molecular complexity index is 369. The van der Waals surface area contributed by atoms with Crippen LogP contribution in [0.25, 0.3) is 0 Å². The third-order valence-corrected chi connectivity index (χ3v) is 1.90. The van der Waals surface area contributed by atoms with Crippen molar-refractivity contribution >= 4 is 27.6 Å². The van der Waals surface area contributed by atoms with E-state index in [-0.39, 0.29) is 5.96 Å². The molecule has 0 heterocycles. The van der Waals surface area contributed by atoms with Gasteiger partial charge < -0.3 is 5.73 Å². The number of nitrogens with zero attached hydrogens (tertiary/aromatic N) is 2. The summed E-state index contributed by atoms with van der Waals surface area (Å²) in [4.78, 5) is 1.03. The van der Waals surface area contributed by atoms with E-state index in [2.05, 4.69) is 15.9 Å². The Kier molecular flexibility index (Phi) is 2.88. The number of benzene rings is 1. The zero-order chi connectivity index (χ0) is 9.84. The first-order valence-electron chi connectivity index (χ1n) is 3.44. The molecule has 0 fully saturated rings. The molecule has 0 aliphatic heterocycles. The first kappa shape index (κ1) is 9.55. The molecular formula is C8H7BrN4. The summed E-state index contributed by atoms with van der Waals surface area (Å²) in [6.45, 7) is 0. The molecule has 1 rings (SSSR count). The Morgan fingerprint density at radius 2 is 2.31 bits per heavy atom. The van der Waals surface area contributed by atoms with Crippen LogP contribution in [0.1, 0.15) is 0 Å². The van der Waals surface area contributed by atoms with Gasteiger partial charge in [-0.05, 0) is 18.2 Å². The van der Waals surface area contributed by atoms with Gasteiger partial charge in [-0.2, -0.15) is 5.26 Å². The minimum absolute atomic E-state index is 0.291. The third kappa shape index (κ3) is 2.20. The fourth-order valence-corrected chi connectivity index (χ4v) is 1.25. The smallest absolute Gasteiger partial charge is 0.206 e. The first-order chi connectivity index (χ1) is 6.15. The molecule has 0 saturated heterocycles. The minimum Gasteiger partial charge on any atom is -0.369 e. The highest BCUT2D eigenvalue weighted by molar-refractivity contribution is 9.10. The normalized spacial score (nSPS) is 8.92. The number of hydrogen-bond acceptors (Lipinski definition) is 2. The van der Waals surface area contributed by atoms with Crippen molar-refractivity contribution in [1.82, 2.24) is 0 Å². The van der Waals surface area contributed by atoms with E-state index >= 15 is 0 Å². The molecule has 0 atom stereocenters. The van der Waals surface area contributed by atoms with Gasteiger partial charge in [0.05, 0.1) is 5.69 Å². The van der Waals surface area contributed by atoms with Crippen molar-refractivity contribution in [2.45, 2.75) is 0 Å². The Hall–Kier alpha value is -1.54. The van der Waals surface area contributed by atoms with Crippen LogP contribution in [0.5, 0.6) is 0 Å². The van der Waals surface area contributed by atoms with Gasteiger partial charge in [-0.25, -0.2) is 4.90 Å². The monoisotopic (exact) mass is 238 g/mol. The molecule has 0 aliphatic carbocycles. The fraction of sp³-hybridized carbons (Fsp3) is 0. The summed E-state index contributed by atoms with van der Waals surface area (Å²) >= 11 is 3.26. The Morgan fingerprint density at radius 3 is 2.77 bits per heavy atom. The summed E-state index contributed by atoms with van der Waals surface area (Å²) in [5.41, 5.74) is 5.77. The van der Waals surface area contributed by atoms with Crippen LogP contribution in [-0.4, -0.2) is 5.96 Å². The molecule has 3 N–H and O–H groups in total. The van der Waals surface area contributed by atoms with Gasteiger partial charge in [-0.1, -0.05) is 22.0 Å². The number of nitrogens with one attached hydrogen (secondary N) is 1. The molecule has 13 heavy (non-hydrogen) atoms. The third-order valence-electron chi connectivity index (χ3n) is 1.41. The van der Waals surface area contributed by atoms with Gasteiger partial charge >= 0.3 is 0 Å². The van der Waals surface area contributed by atoms with E-state index in [1.54, 1.807) is 18.2 Å². The lowest BCUT2D eigenvalue weighted by Crippen LogP contribution is -2.32. The maximum atomic E-state index is 8.68. The van der Waals surface area contributed by atoms with Gasteiger partial charge in [-0.15, -0.1) is 0 Å². The van der Waals surface area contributed by atoms with Crippen LogP contribution in [0, 0.1) is 16.9 Å². The zero-order valence-corrected chi connectivity index (χ0v) is 8.25. The van der Waals surface area contributed by atoms with E-state index < -0.39 is 0 Å². The number of nitriles is 1. The van der Waals surface area contributed by atoms with Crippen LogP contribution in [-0.2, 0) is 0 Å². The lowest BCUT2D eigenvalue weighted by molar-refractivity contribution is 1.25. The van der Waals surface area contributed by atoms with Gasteiger partial charge in [-0.3, -0.25) is 5.41 Å². The van der Waals surface area contributed by atoms with E-state index in [1.807, 2.05) is 12.3 Å². The van der Waals surface area contributed by atoms with Crippen molar-refractivity contribution in [3.05, 3.63) is 28.7 Å². The fourth-order valence-electron chi connectivity index (χ4n) is 0.866. The highest BCUT2D eigenvalue weighted by atomic mass is 79.9. The number of halogens is 1. The van der Waals surface area contributed by atoms with E-state index in [0.717, 1.165) is 9.37 Å². The van der Waals surface area contributed by atoms with E-state index in [9.17, 15) is 0 Å². The lowest BCUT2D eigenvalue weighted by Gasteiger charge is -2.12. The molecule has 66 valence electrons. The molecule has 0 amide bonds. The van der Waals surface area contributed by atoms with Gasteiger partial charge in [0.15, 0.2) is 6.19 Å². The highest BCUT2D eigenvalue weighted by Gasteiger charge is 2.07. The van der Waals surface area contributed by atoms with Crippen molar-refractivity contribution in [2.24, 2.45) is 5.73 Å². The summed E-state index contributed by atoms with van der Waals surface area (Å²) in [5, 5.41) is 15.8. The van der Waals surface area contributed by atoms with Crippen LogP contribution in [0.2, 0.25) is 0 Å². The Morgan fingerprint density at radius 1 is 1.62 bits per heavy atom. The SMILES string of the molecule is N#CN(C(=N)N)c1cccc(Br)c1. The molecule has 0 unspecified atom stereocenters. The lowest BCUT2D eigenvalue weighted by atomic mass is 10.3. The zero-order valence-electron chi connectivity index (χ0n) is 6.66. The van der Waals surface area contributed by atoms with Crippen molar-refractivity contribution in [2.75, 3.05) is 4.90 Å². The molecule has 0 bridgehead atoms. The van der Waals surface area contributed by atoms with Crippen LogP contribution >= 0.6 is 15.9 Å². The number of guanidine groups is 1. The van der Waals surface area contributed by atoms with Crippen molar-refractivity contribution < 1.29 is 0 Å². The molecule has 0 saturated carbocycles. The van der Waals surface area contributed by atoms with E-state index in [1.165, 1.54) is 0 Å². The second kappa shape index (κ2) is 3.92. The second-order valence-electron chi connectivity index (χ2n) is 2.30. The van der Waals surface area contributed by atoms with Crippen LogP contribution < -0.4 is 10.6 Å². The number of anilines is 1. The maximum Gasteiger partial charge on any atom is 0.206 e. The van der Waals surface area contributed by atoms with Gasteiger partial charge in [0, 0.05) is 4.47 Å². The first-order valence-corrected chi connectivity index (χ1v) is 4.24. The van der Waals surface area contributed by atoms with Gasteiger partial charge in [0.1, 0.15) is 0 Å². The topological polar surface area (TPSA) is 76.9 Å². The maximum absolute atomic E-state index is 8.68. The standard InChI is InChI=1S/C8H7BrN4/c9-6-2-1-3-7(4-6)13(5-10)8(11)12/h1-4H,(H3,11,12). The molecule has 0 aliphatic rings. The van der Waals surface area contributed by atoms with Gasteiger partial charge in [0.25, 0.3) is 0 Å². The molecule has 0 aromatic heterocycles. The molecule has 4 nitrogen and oxygen atoms in total. The molecule has 5 heteroatoms. The minimum atomic E-state index is -0.291. The largest absolute Gasteiger partial charge is 0.369 e. The number of rotatable bonds is 1. The van der Waals surface area contributed by atoms with Crippen LogP contribution in [0.15, 0.2) is 28.7 Å². The predicted molar refractivity (Wildman–Crippen MR) is 54.1 cm³/mol. The summed E-state index contributed by atoms with van der Waals surface area (Å²) in [5.74, 6) is -0.291. The molecule has 1 aromatic carbocycles. The van der Waals surface area contributed by atoms with E-state index in [4.69, 9.17) is 16.4 Å². The van der Waals surface area contributed by atoms with Crippen molar-refractivity contribution in [3.8, 4) is 6.19 Å². The van der Waals surface area contributed by atoms with Crippen molar-refractivity contribution in [3.63, 3.8) is 0 Å². The number of nitrogens with two attached hydrogens (primary N) is 1. The van der Waals surface area contributed by atoms with E-state index in [0.29, 0.717) is 5.69 Å². The molecule has 0 spiro atoms. The molecular weight excluding hydrogens is 232 g/mol. The van der Waals surface area contributed by atoms with Crippen LogP contribution in [0.4, 0.5) is 5.69 Å². The highest BCUT2D eigenvalue weighted by Crippen LogP contribution is 2.18. The summed E-state index contributed by atoms with van der Waals surface area (Å²) < 4.78 is 0.839. The quantitative estimate of drug-likeness (QED) is 0.338. The van der Waals surface area contributed by atoms with Crippen LogP contribution in [0.3, 0.4) is 0 Å². The van der Waals surface area contributed by atoms with Gasteiger partial charge in [0.2, 0.25) is 5.96 Å². The van der Waals surface area contributed by atoms with Crippen molar-refractivity contribution in [1.29, 1.82) is 10.7 Å². The predicted octanol–water partition coefficient (Wildman–Crippen LogP) is 1.63. The Balaban J connectivity index is 3.07. The molecule has 1 aromatic rings. The summed E-state index contributed by atoms with van der Waals surface area (Å²) in [7, 11) is 0. The summed E-state index contributed by atoms with van der Waals surface area (Å²) in [6.07, 6.45) is 1.81. The number of hydrogen-bond donors (Lipinski definition) is 2.